The van der Waals surface area contributed by atoms with E-state index in [0.717, 1.165) is 0 Å². The van der Waals surface area contributed by atoms with Crippen LogP contribution in [0.2, 0.25) is 0 Å². The summed E-state index contributed by atoms with van der Waals surface area (Å²) in [4.78, 5) is 0. The molecule has 0 rings (SSSR count). The summed E-state index contributed by atoms with van der Waals surface area (Å²) in [6, 6.07) is 0. The van der Waals surface area contributed by atoms with E-state index in [2.05, 4.69) is 61.8 Å². The van der Waals surface area contributed by atoms with Crippen LogP contribution in [-0.2, 0) is 65.4 Å². The maximum atomic E-state index is 6.75. The minimum absolute atomic E-state index is 0. The van der Waals surface area contributed by atoms with Gasteiger partial charge in [-0.1, -0.05) is 0 Å². The number of hydrogen-bond donors (Lipinski definition) is 3. The fourth-order valence-corrected chi connectivity index (χ4v) is 0. The maximum Gasteiger partial charge on any atom is 0 e. The first-order chi connectivity index (χ1) is 7.24. The molecule has 19 heavy (non-hydrogen) atoms. The number of allylic oxidation sites excluding steroid dienone is 3. The van der Waals surface area contributed by atoms with Gasteiger partial charge < -0.3 is 30.2 Å². The molecule has 0 aliphatic carbocycles. The van der Waals surface area contributed by atoms with Crippen molar-refractivity contribution >= 4 is 0 Å². The van der Waals surface area contributed by atoms with Crippen molar-refractivity contribution in [1.29, 1.82) is 0 Å². The monoisotopic (exact) mass is 424 g/mol. The van der Waals surface area contributed by atoms with Gasteiger partial charge in [0.25, 0.3) is 0 Å². The van der Waals surface area contributed by atoms with E-state index in [9.17, 15) is 0 Å². The van der Waals surface area contributed by atoms with Crippen LogP contribution in [0.3, 0.4) is 0 Å². The van der Waals surface area contributed by atoms with Gasteiger partial charge in [0.05, 0.1) is 0 Å². The van der Waals surface area contributed by atoms with Crippen LogP contribution >= 0.6 is 0 Å². The van der Waals surface area contributed by atoms with Crippen molar-refractivity contribution in [2.75, 3.05) is 0 Å². The second-order valence-electron chi connectivity index (χ2n) is 0.866. The van der Waals surface area contributed by atoms with E-state index in [4.69, 9.17) is 15.3 Å². The SMILES string of the molecule is C=C[CH2-].C=C[CH2-].C=C[CH2-].[CH2-]O.[CH2-]O.[CH2-]O.[CH3-].[CH3-].[Y].[Y]. The molecule has 118 valence electrons. The van der Waals surface area contributed by atoms with Crippen molar-refractivity contribution in [2.24, 2.45) is 0 Å². The topological polar surface area (TPSA) is 60.7 Å². The van der Waals surface area contributed by atoms with Crippen LogP contribution in [-0.4, -0.2) is 15.3 Å². The number of hydrogen-bond acceptors (Lipinski definition) is 3. The molecular weight excluding hydrogens is 394 g/mol. The number of aliphatic hydroxyl groups is 3. The molecule has 0 aliphatic heterocycles. The standard InChI is InChI=1S/3C3H5.3CH3O.2CH3.2Y/c3*1-3-2;3*1-2;;;;/h3*3H,1-2H2;3*2H,1H2;2*1H3;;/q8*-1;;. The third-order valence-electron chi connectivity index (χ3n) is 0. The first kappa shape index (κ1) is 72.5. The Morgan fingerprint density at radius 1 is 0.526 bits per heavy atom. The molecule has 5 heteroatoms. The molecule has 2 radical (unpaired) electrons. The van der Waals surface area contributed by atoms with Crippen molar-refractivity contribution in [2.45, 2.75) is 0 Å². The van der Waals surface area contributed by atoms with E-state index in [1.807, 2.05) is 0 Å². The van der Waals surface area contributed by atoms with E-state index in [1.54, 1.807) is 0 Å². The number of aliphatic hydroxyl groups excluding tert-OH is 3. The second kappa shape index (κ2) is 396. The summed E-state index contributed by atoms with van der Waals surface area (Å²) in [5, 5.41) is 20.2. The Hall–Kier alpha value is 0.918. The van der Waals surface area contributed by atoms with Gasteiger partial charge >= 0.3 is 0 Å². The van der Waals surface area contributed by atoms with Crippen LogP contribution < -0.4 is 0 Å². The van der Waals surface area contributed by atoms with Crippen LogP contribution in [0.15, 0.2) is 38.0 Å². The van der Waals surface area contributed by atoms with Gasteiger partial charge in [-0.15, -0.1) is 0 Å². The van der Waals surface area contributed by atoms with Gasteiger partial charge in [0.2, 0.25) is 0 Å². The largest absolute Gasteiger partial charge is 0.569 e. The van der Waals surface area contributed by atoms with Crippen molar-refractivity contribution in [1.82, 2.24) is 0 Å². The van der Waals surface area contributed by atoms with Crippen LogP contribution in [0.4, 0.5) is 0 Å². The smallest absolute Gasteiger partial charge is 0 e. The Morgan fingerprint density at radius 2 is 0.526 bits per heavy atom. The molecule has 0 saturated heterocycles. The Labute approximate surface area is 174 Å². The Balaban J connectivity index is -0.00000000620. The van der Waals surface area contributed by atoms with Crippen molar-refractivity contribution in [3.63, 3.8) is 0 Å². The third kappa shape index (κ3) is 6430. The molecule has 0 aliphatic rings. The molecule has 0 heterocycles. The molecule has 0 fully saturated rings. The van der Waals surface area contributed by atoms with E-state index in [1.165, 1.54) is 18.2 Å². The predicted molar refractivity (Wildman–Crippen MR) is 81.4 cm³/mol. The van der Waals surface area contributed by atoms with Crippen molar-refractivity contribution in [3.05, 3.63) is 94.9 Å². The average Bonchev–Trinajstić information content (AvgIpc) is 2.29. The summed E-state index contributed by atoms with van der Waals surface area (Å²) in [5.74, 6) is 0. The Bertz CT molecular complexity index is 57.4. The van der Waals surface area contributed by atoms with Gasteiger partial charge in [0, 0.05) is 65.4 Å². The molecule has 0 aromatic heterocycles. The molecule has 0 aromatic carbocycles. The normalized spacial score (nSPS) is 2.84. The fraction of sp³-hybridized carbons (Fsp3) is 0. The van der Waals surface area contributed by atoms with E-state index in [-0.39, 0.29) is 80.3 Å². The Morgan fingerprint density at radius 3 is 0.526 bits per heavy atom. The molecular formula is C14H30O3Y2-8. The first-order valence-corrected chi connectivity index (χ1v) is 3.40. The van der Waals surface area contributed by atoms with Crippen LogP contribution in [0, 0.1) is 57.0 Å². The van der Waals surface area contributed by atoms with Crippen molar-refractivity contribution < 1.29 is 80.7 Å². The summed E-state index contributed by atoms with van der Waals surface area (Å²) >= 11 is 0. The van der Waals surface area contributed by atoms with Crippen LogP contribution in [0.25, 0.3) is 0 Å². The summed E-state index contributed by atoms with van der Waals surface area (Å²) in [6.07, 6.45) is 4.50. The summed E-state index contributed by atoms with van der Waals surface area (Å²) in [5.41, 5.74) is 0. The van der Waals surface area contributed by atoms with E-state index < -0.39 is 0 Å². The third-order valence-corrected chi connectivity index (χ3v) is 0. The first-order valence-electron chi connectivity index (χ1n) is 3.40. The van der Waals surface area contributed by atoms with Crippen LogP contribution in [0.1, 0.15) is 0 Å². The quantitative estimate of drug-likeness (QED) is 0.507. The Kier molecular flexibility index (Phi) is 1510. The zero-order chi connectivity index (χ0) is 14.1. The molecule has 0 amide bonds. The van der Waals surface area contributed by atoms with Gasteiger partial charge in [0.1, 0.15) is 0 Å². The molecule has 0 aromatic rings. The zero-order valence-corrected chi connectivity index (χ0v) is 18.3. The molecule has 0 unspecified atom stereocenters. The summed E-state index contributed by atoms with van der Waals surface area (Å²) in [6.45, 7) is 19.5. The fourth-order valence-electron chi connectivity index (χ4n) is 0. The number of rotatable bonds is 0. The van der Waals surface area contributed by atoms with Gasteiger partial charge in [-0.25, -0.2) is 80.1 Å². The molecule has 0 atom stereocenters. The maximum absolute atomic E-state index is 6.75. The van der Waals surface area contributed by atoms with E-state index >= 15 is 0 Å². The molecule has 3 N–H and O–H groups in total. The van der Waals surface area contributed by atoms with Gasteiger partial charge in [-0.05, 0) is 0 Å². The molecule has 0 spiro atoms. The molecule has 0 saturated carbocycles. The average molecular weight is 424 g/mol. The van der Waals surface area contributed by atoms with E-state index in [0.29, 0.717) is 0 Å². The zero-order valence-electron chi connectivity index (χ0n) is 12.6. The second-order valence-corrected chi connectivity index (χ2v) is 0.866. The van der Waals surface area contributed by atoms with Gasteiger partial charge in [-0.3, -0.25) is 0 Å². The minimum atomic E-state index is 0. The predicted octanol–water partition coefficient (Wildman–Crippen LogP) is 4.37. The van der Waals surface area contributed by atoms with Gasteiger partial charge in [0.15, 0.2) is 0 Å². The molecule has 0 bridgehead atoms. The molecule has 3 nitrogen and oxygen atoms in total. The summed E-state index contributed by atoms with van der Waals surface area (Å²) in [7, 11) is 6.75. The summed E-state index contributed by atoms with van der Waals surface area (Å²) < 4.78 is 0. The van der Waals surface area contributed by atoms with Gasteiger partial charge in [-0.2, -0.15) is 0 Å². The van der Waals surface area contributed by atoms with Crippen molar-refractivity contribution in [3.8, 4) is 0 Å². The van der Waals surface area contributed by atoms with Crippen LogP contribution in [0.5, 0.6) is 0 Å². The minimum Gasteiger partial charge on any atom is -0.569 e.